The van der Waals surface area contributed by atoms with E-state index in [1.807, 2.05) is 25.7 Å². The Morgan fingerprint density at radius 3 is 2.62 bits per heavy atom. The molecule has 1 atom stereocenters. The molecule has 0 radical (unpaired) electrons. The standard InChI is InChI=1S/C20H25ClF2N4O2/c1-19(2,3)15-9-16(26-29-15)25-18(28)12-6-5-7-27(11-12)17-14(21)8-13(10-24-17)20(4,22)23/h8-10,12H,5-7,11H2,1-4H3,(H,25,26,28). The minimum Gasteiger partial charge on any atom is -0.359 e. The molecule has 1 amide bonds. The number of nitrogens with zero attached hydrogens (tertiary/aromatic N) is 3. The summed E-state index contributed by atoms with van der Waals surface area (Å²) in [5, 5.41) is 6.86. The van der Waals surface area contributed by atoms with Crippen LogP contribution in [0.3, 0.4) is 0 Å². The number of anilines is 2. The van der Waals surface area contributed by atoms with E-state index in [1.54, 1.807) is 6.07 Å². The van der Waals surface area contributed by atoms with Crippen molar-refractivity contribution in [2.24, 2.45) is 5.92 Å². The molecule has 0 aromatic carbocycles. The molecule has 2 aromatic rings. The number of amides is 1. The van der Waals surface area contributed by atoms with Gasteiger partial charge in [0.2, 0.25) is 5.91 Å². The summed E-state index contributed by atoms with van der Waals surface area (Å²) in [6, 6.07) is 2.96. The fourth-order valence-electron chi connectivity index (χ4n) is 3.20. The van der Waals surface area contributed by atoms with Gasteiger partial charge in [0.05, 0.1) is 10.9 Å². The van der Waals surface area contributed by atoms with Crippen LogP contribution in [0, 0.1) is 5.92 Å². The maximum absolute atomic E-state index is 13.5. The van der Waals surface area contributed by atoms with Crippen molar-refractivity contribution in [3.63, 3.8) is 0 Å². The SMILES string of the molecule is CC(C)(C)c1cc(NC(=O)C2CCCN(c3ncc(C(C)(F)F)cc3Cl)C2)no1. The highest BCUT2D eigenvalue weighted by atomic mass is 35.5. The molecular weight excluding hydrogens is 402 g/mol. The molecule has 6 nitrogen and oxygen atoms in total. The zero-order chi connectivity index (χ0) is 21.4. The Morgan fingerprint density at radius 2 is 2.03 bits per heavy atom. The molecular formula is C20H25ClF2N4O2. The van der Waals surface area contributed by atoms with Gasteiger partial charge >= 0.3 is 0 Å². The molecule has 3 heterocycles. The van der Waals surface area contributed by atoms with Crippen molar-refractivity contribution >= 4 is 29.1 Å². The summed E-state index contributed by atoms with van der Waals surface area (Å²) in [4.78, 5) is 18.7. The highest BCUT2D eigenvalue weighted by Crippen LogP contribution is 2.34. The van der Waals surface area contributed by atoms with Crippen LogP contribution in [0.4, 0.5) is 20.4 Å². The second-order valence-corrected chi connectivity index (χ2v) is 8.93. The first kappa shape index (κ1) is 21.5. The quantitative estimate of drug-likeness (QED) is 0.745. The minimum absolute atomic E-state index is 0.149. The lowest BCUT2D eigenvalue weighted by Gasteiger charge is -2.33. The van der Waals surface area contributed by atoms with E-state index in [4.69, 9.17) is 16.1 Å². The van der Waals surface area contributed by atoms with Gasteiger partial charge in [-0.15, -0.1) is 0 Å². The van der Waals surface area contributed by atoms with Gasteiger partial charge in [-0.1, -0.05) is 37.5 Å². The van der Waals surface area contributed by atoms with E-state index in [-0.39, 0.29) is 27.8 Å². The van der Waals surface area contributed by atoms with Crippen LogP contribution in [0.2, 0.25) is 5.02 Å². The van der Waals surface area contributed by atoms with Gasteiger partial charge in [0.15, 0.2) is 5.82 Å². The molecule has 1 aliphatic rings. The number of rotatable bonds is 4. The molecule has 0 spiro atoms. The smallest absolute Gasteiger partial charge is 0.272 e. The van der Waals surface area contributed by atoms with Gasteiger partial charge in [0, 0.05) is 43.3 Å². The Labute approximate surface area is 173 Å². The lowest BCUT2D eigenvalue weighted by Crippen LogP contribution is -2.41. The Bertz CT molecular complexity index is 889. The maximum Gasteiger partial charge on any atom is 0.272 e. The predicted octanol–water partition coefficient (Wildman–Crippen LogP) is 4.99. The second-order valence-electron chi connectivity index (χ2n) is 8.52. The molecule has 9 heteroatoms. The third kappa shape index (κ3) is 5.04. The van der Waals surface area contributed by atoms with Gasteiger partial charge in [0.25, 0.3) is 5.92 Å². The summed E-state index contributed by atoms with van der Waals surface area (Å²) < 4.78 is 32.3. The highest BCUT2D eigenvalue weighted by molar-refractivity contribution is 6.33. The summed E-state index contributed by atoms with van der Waals surface area (Å²) in [5.74, 6) is -2.01. The number of alkyl halides is 2. The Hall–Kier alpha value is -2.22. The zero-order valence-corrected chi connectivity index (χ0v) is 17.7. The first-order chi connectivity index (χ1) is 13.4. The van der Waals surface area contributed by atoms with Crippen molar-refractivity contribution in [3.05, 3.63) is 34.7 Å². The largest absolute Gasteiger partial charge is 0.359 e. The van der Waals surface area contributed by atoms with Gasteiger partial charge in [-0.25, -0.2) is 13.8 Å². The lowest BCUT2D eigenvalue weighted by molar-refractivity contribution is -0.120. The second kappa shape index (κ2) is 7.89. The number of halogens is 3. The maximum atomic E-state index is 13.5. The number of piperidine rings is 1. The van der Waals surface area contributed by atoms with Crippen LogP contribution in [-0.4, -0.2) is 29.1 Å². The number of carbonyl (C=O) groups is 1. The molecule has 3 rings (SSSR count). The molecule has 0 saturated carbocycles. The molecule has 1 aliphatic heterocycles. The third-order valence-corrected chi connectivity index (χ3v) is 5.20. The highest BCUT2D eigenvalue weighted by Gasteiger charge is 2.30. The molecule has 1 saturated heterocycles. The summed E-state index contributed by atoms with van der Waals surface area (Å²) in [5.41, 5.74) is -0.445. The van der Waals surface area contributed by atoms with Crippen molar-refractivity contribution in [1.82, 2.24) is 10.1 Å². The molecule has 0 bridgehead atoms. The zero-order valence-electron chi connectivity index (χ0n) is 16.9. The minimum atomic E-state index is -3.01. The number of pyridine rings is 1. The normalized spacial score (nSPS) is 18.0. The number of nitrogens with one attached hydrogen (secondary N) is 1. The molecule has 2 aromatic heterocycles. The fourth-order valence-corrected chi connectivity index (χ4v) is 3.49. The monoisotopic (exact) mass is 426 g/mol. The Morgan fingerprint density at radius 1 is 1.31 bits per heavy atom. The summed E-state index contributed by atoms with van der Waals surface area (Å²) in [6.07, 6.45) is 2.59. The van der Waals surface area contributed by atoms with Crippen LogP contribution in [-0.2, 0) is 16.1 Å². The van der Waals surface area contributed by atoms with Gasteiger partial charge in [-0.05, 0) is 18.9 Å². The molecule has 1 unspecified atom stereocenters. The van der Waals surface area contributed by atoms with Gasteiger partial charge in [-0.2, -0.15) is 0 Å². The molecule has 158 valence electrons. The van der Waals surface area contributed by atoms with Crippen LogP contribution in [0.25, 0.3) is 0 Å². The van der Waals surface area contributed by atoms with E-state index in [1.165, 1.54) is 6.07 Å². The van der Waals surface area contributed by atoms with Crippen molar-refractivity contribution < 1.29 is 18.1 Å². The number of aromatic nitrogens is 2. The average Bonchev–Trinajstić information content (AvgIpc) is 3.10. The predicted molar refractivity (Wildman–Crippen MR) is 108 cm³/mol. The van der Waals surface area contributed by atoms with E-state index >= 15 is 0 Å². The third-order valence-electron chi connectivity index (χ3n) is 4.92. The summed E-state index contributed by atoms with van der Waals surface area (Å²) >= 11 is 6.21. The number of hydrogen-bond acceptors (Lipinski definition) is 5. The van der Waals surface area contributed by atoms with Gasteiger partial charge in [0.1, 0.15) is 11.6 Å². The number of hydrogen-bond donors (Lipinski definition) is 1. The lowest BCUT2D eigenvalue weighted by atomic mass is 9.93. The Kier molecular flexibility index (Phi) is 5.85. The van der Waals surface area contributed by atoms with Crippen LogP contribution in [0.15, 0.2) is 22.9 Å². The van der Waals surface area contributed by atoms with Crippen molar-refractivity contribution in [1.29, 1.82) is 0 Å². The van der Waals surface area contributed by atoms with Crippen LogP contribution in [0.1, 0.15) is 51.9 Å². The topological polar surface area (TPSA) is 71.3 Å². The van der Waals surface area contributed by atoms with Crippen molar-refractivity contribution in [2.45, 2.75) is 51.9 Å². The Balaban J connectivity index is 1.69. The molecule has 1 N–H and O–H groups in total. The molecule has 1 fully saturated rings. The van der Waals surface area contributed by atoms with Crippen molar-refractivity contribution in [3.8, 4) is 0 Å². The van der Waals surface area contributed by atoms with E-state index in [0.717, 1.165) is 19.5 Å². The molecule has 0 aliphatic carbocycles. The van der Waals surface area contributed by atoms with Gasteiger partial charge < -0.3 is 14.7 Å². The van der Waals surface area contributed by atoms with Crippen molar-refractivity contribution in [2.75, 3.05) is 23.3 Å². The first-order valence-corrected chi connectivity index (χ1v) is 9.90. The van der Waals surface area contributed by atoms with Gasteiger partial charge in [-0.3, -0.25) is 4.79 Å². The summed E-state index contributed by atoms with van der Waals surface area (Å²) in [6.45, 7) is 7.83. The van der Waals surface area contributed by atoms with Crippen LogP contribution < -0.4 is 10.2 Å². The van der Waals surface area contributed by atoms with Crippen LogP contribution in [0.5, 0.6) is 0 Å². The fraction of sp³-hybridized carbons (Fsp3) is 0.550. The van der Waals surface area contributed by atoms with E-state index in [0.29, 0.717) is 36.9 Å². The van der Waals surface area contributed by atoms with E-state index < -0.39 is 5.92 Å². The summed E-state index contributed by atoms with van der Waals surface area (Å²) in [7, 11) is 0. The van der Waals surface area contributed by atoms with E-state index in [2.05, 4.69) is 15.5 Å². The average molecular weight is 427 g/mol. The van der Waals surface area contributed by atoms with Crippen LogP contribution >= 0.6 is 11.6 Å². The molecule has 29 heavy (non-hydrogen) atoms. The number of carbonyl (C=O) groups excluding carboxylic acids is 1. The van der Waals surface area contributed by atoms with E-state index in [9.17, 15) is 13.6 Å². The first-order valence-electron chi connectivity index (χ1n) is 9.52.